The summed E-state index contributed by atoms with van der Waals surface area (Å²) in [5, 5.41) is 9.18. The highest BCUT2D eigenvalue weighted by molar-refractivity contribution is 5.55. The van der Waals surface area contributed by atoms with Crippen LogP contribution in [-0.2, 0) is 0 Å². The number of aromatic nitrogens is 1. The molecule has 2 rings (SSSR count). The molecule has 1 aliphatic rings. The second-order valence-corrected chi connectivity index (χ2v) is 5.08. The van der Waals surface area contributed by atoms with Crippen molar-refractivity contribution in [1.82, 2.24) is 4.98 Å². The molecule has 0 bridgehead atoms. The van der Waals surface area contributed by atoms with Crippen LogP contribution in [0, 0.1) is 24.2 Å². The molecule has 2 heterocycles. The van der Waals surface area contributed by atoms with Crippen LogP contribution in [-0.4, -0.2) is 17.6 Å². The maximum absolute atomic E-state index is 9.18. The molecule has 0 saturated carbocycles. The van der Waals surface area contributed by atoms with Crippen LogP contribution < -0.4 is 4.90 Å². The summed E-state index contributed by atoms with van der Waals surface area (Å²) in [5.74, 6) is 1.48. The fourth-order valence-corrected chi connectivity index (χ4v) is 2.60. The number of pyridine rings is 1. The van der Waals surface area contributed by atoms with Gasteiger partial charge in [-0.25, -0.2) is 4.98 Å². The topological polar surface area (TPSA) is 39.9 Å². The van der Waals surface area contributed by atoms with E-state index in [1.54, 1.807) is 0 Å². The van der Waals surface area contributed by atoms with Crippen LogP contribution in [0.1, 0.15) is 37.9 Å². The highest BCUT2D eigenvalue weighted by Gasteiger charge is 2.29. The first-order valence-corrected chi connectivity index (χ1v) is 6.28. The molecule has 0 spiro atoms. The van der Waals surface area contributed by atoms with Crippen molar-refractivity contribution in [3.05, 3.63) is 23.4 Å². The Balaban J connectivity index is 2.39. The normalized spacial score (nSPS) is 19.7. The van der Waals surface area contributed by atoms with Crippen molar-refractivity contribution in [2.45, 2.75) is 39.7 Å². The number of nitrogens with zero attached hydrogens (tertiary/aromatic N) is 3. The molecule has 0 aromatic carbocycles. The molecule has 0 amide bonds. The molecule has 0 aliphatic carbocycles. The summed E-state index contributed by atoms with van der Waals surface area (Å²) >= 11 is 0. The molecule has 1 fully saturated rings. The summed E-state index contributed by atoms with van der Waals surface area (Å²) in [7, 11) is 0. The summed E-state index contributed by atoms with van der Waals surface area (Å²) in [4.78, 5) is 6.88. The van der Waals surface area contributed by atoms with Crippen LogP contribution in [0.3, 0.4) is 0 Å². The van der Waals surface area contributed by atoms with Gasteiger partial charge in [0, 0.05) is 18.3 Å². The number of nitriles is 1. The quantitative estimate of drug-likeness (QED) is 0.783. The lowest BCUT2D eigenvalue weighted by Gasteiger charge is -2.29. The Morgan fingerprint density at radius 2 is 2.24 bits per heavy atom. The summed E-state index contributed by atoms with van der Waals surface area (Å²) < 4.78 is 0. The maximum atomic E-state index is 9.18. The van der Waals surface area contributed by atoms with Crippen molar-refractivity contribution in [2.75, 3.05) is 11.4 Å². The monoisotopic (exact) mass is 229 g/mol. The predicted molar refractivity (Wildman–Crippen MR) is 68.9 cm³/mol. The first kappa shape index (κ1) is 11.9. The lowest BCUT2D eigenvalue weighted by atomic mass is 10.0. The minimum atomic E-state index is 0.524. The molecule has 1 aliphatic heterocycles. The van der Waals surface area contributed by atoms with E-state index in [4.69, 9.17) is 0 Å². The van der Waals surface area contributed by atoms with Gasteiger partial charge in [0.15, 0.2) is 0 Å². The number of hydrogen-bond donors (Lipinski definition) is 0. The smallest absolute Gasteiger partial charge is 0.147 e. The molecule has 90 valence electrons. The molecule has 3 heteroatoms. The second-order valence-electron chi connectivity index (χ2n) is 5.08. The minimum absolute atomic E-state index is 0.524. The van der Waals surface area contributed by atoms with E-state index in [1.165, 1.54) is 12.8 Å². The molecule has 1 aromatic heterocycles. The van der Waals surface area contributed by atoms with Crippen molar-refractivity contribution in [3.63, 3.8) is 0 Å². The van der Waals surface area contributed by atoms with E-state index in [0.717, 1.165) is 18.1 Å². The summed E-state index contributed by atoms with van der Waals surface area (Å²) in [6.45, 7) is 7.48. The Morgan fingerprint density at radius 1 is 1.47 bits per heavy atom. The highest BCUT2D eigenvalue weighted by atomic mass is 15.2. The van der Waals surface area contributed by atoms with Gasteiger partial charge in [0.2, 0.25) is 0 Å². The summed E-state index contributed by atoms with van der Waals surface area (Å²) in [6, 6.07) is 6.57. The lowest BCUT2D eigenvalue weighted by Crippen LogP contribution is -2.34. The number of rotatable bonds is 2. The van der Waals surface area contributed by atoms with E-state index in [1.807, 2.05) is 19.1 Å². The minimum Gasteiger partial charge on any atom is -0.352 e. The van der Waals surface area contributed by atoms with Gasteiger partial charge in [-0.1, -0.05) is 13.8 Å². The molecule has 1 unspecified atom stereocenters. The van der Waals surface area contributed by atoms with Gasteiger partial charge in [-0.05, 0) is 37.8 Å². The molecule has 1 aromatic rings. The van der Waals surface area contributed by atoms with E-state index < -0.39 is 0 Å². The first-order valence-electron chi connectivity index (χ1n) is 6.28. The van der Waals surface area contributed by atoms with E-state index in [2.05, 4.69) is 29.8 Å². The zero-order valence-corrected chi connectivity index (χ0v) is 10.8. The number of anilines is 1. The predicted octanol–water partition coefficient (Wildman–Crippen LogP) is 2.89. The van der Waals surface area contributed by atoms with Crippen molar-refractivity contribution in [1.29, 1.82) is 5.26 Å². The van der Waals surface area contributed by atoms with Gasteiger partial charge in [0.05, 0.1) is 5.56 Å². The third kappa shape index (κ3) is 2.26. The largest absolute Gasteiger partial charge is 0.352 e. The Bertz CT molecular complexity index is 445. The van der Waals surface area contributed by atoms with Crippen molar-refractivity contribution in [3.8, 4) is 6.07 Å². The van der Waals surface area contributed by atoms with Crippen LogP contribution >= 0.6 is 0 Å². The molecule has 3 nitrogen and oxygen atoms in total. The van der Waals surface area contributed by atoms with Crippen molar-refractivity contribution in [2.24, 2.45) is 5.92 Å². The lowest BCUT2D eigenvalue weighted by molar-refractivity contribution is 0.489. The second kappa shape index (κ2) is 4.75. The SMILES string of the molecule is Cc1ccc(C#N)c(N2CCCC2C(C)C)n1. The standard InChI is InChI=1S/C14H19N3/c1-10(2)13-5-4-8-17(13)14-12(9-15)7-6-11(3)16-14/h6-7,10,13H,4-5,8H2,1-3H3. The Kier molecular flexibility index (Phi) is 3.33. The fraction of sp³-hybridized carbons (Fsp3) is 0.571. The van der Waals surface area contributed by atoms with Gasteiger partial charge in [0.25, 0.3) is 0 Å². The van der Waals surface area contributed by atoms with Crippen LogP contribution in [0.25, 0.3) is 0 Å². The third-order valence-corrected chi connectivity index (χ3v) is 3.48. The van der Waals surface area contributed by atoms with Crippen molar-refractivity contribution >= 4 is 5.82 Å². The molecule has 17 heavy (non-hydrogen) atoms. The Labute approximate surface area is 103 Å². The van der Waals surface area contributed by atoms with Crippen LogP contribution in [0.2, 0.25) is 0 Å². The van der Waals surface area contributed by atoms with Crippen LogP contribution in [0.4, 0.5) is 5.82 Å². The number of hydrogen-bond acceptors (Lipinski definition) is 3. The molecule has 0 radical (unpaired) electrons. The molecular weight excluding hydrogens is 210 g/mol. The zero-order valence-electron chi connectivity index (χ0n) is 10.8. The maximum Gasteiger partial charge on any atom is 0.147 e. The first-order chi connectivity index (χ1) is 8.13. The van der Waals surface area contributed by atoms with Gasteiger partial charge >= 0.3 is 0 Å². The molecular formula is C14H19N3. The van der Waals surface area contributed by atoms with Gasteiger partial charge in [-0.15, -0.1) is 0 Å². The van der Waals surface area contributed by atoms with Gasteiger partial charge < -0.3 is 4.90 Å². The van der Waals surface area contributed by atoms with E-state index in [9.17, 15) is 5.26 Å². The molecule has 1 saturated heterocycles. The van der Waals surface area contributed by atoms with Gasteiger partial charge in [0.1, 0.15) is 11.9 Å². The summed E-state index contributed by atoms with van der Waals surface area (Å²) in [6.07, 6.45) is 2.40. The molecule has 0 N–H and O–H groups in total. The third-order valence-electron chi connectivity index (χ3n) is 3.48. The molecule has 1 atom stereocenters. The van der Waals surface area contributed by atoms with E-state index >= 15 is 0 Å². The average molecular weight is 229 g/mol. The van der Waals surface area contributed by atoms with E-state index in [-0.39, 0.29) is 0 Å². The summed E-state index contributed by atoms with van der Waals surface area (Å²) in [5.41, 5.74) is 1.68. The Morgan fingerprint density at radius 3 is 2.88 bits per heavy atom. The zero-order chi connectivity index (χ0) is 12.4. The number of aryl methyl sites for hydroxylation is 1. The van der Waals surface area contributed by atoms with E-state index in [0.29, 0.717) is 17.5 Å². The average Bonchev–Trinajstić information content (AvgIpc) is 2.77. The van der Waals surface area contributed by atoms with Crippen molar-refractivity contribution < 1.29 is 0 Å². The Hall–Kier alpha value is -1.56. The fourth-order valence-electron chi connectivity index (χ4n) is 2.60. The van der Waals surface area contributed by atoms with Crippen LogP contribution in [0.5, 0.6) is 0 Å². The van der Waals surface area contributed by atoms with Gasteiger partial charge in [-0.2, -0.15) is 5.26 Å². The highest BCUT2D eigenvalue weighted by Crippen LogP contribution is 2.30. The van der Waals surface area contributed by atoms with Gasteiger partial charge in [-0.3, -0.25) is 0 Å². The van der Waals surface area contributed by atoms with Crippen LogP contribution in [0.15, 0.2) is 12.1 Å².